The number of pyridine rings is 1. The number of nitrogens with zero attached hydrogens (tertiary/aromatic N) is 1. The van der Waals surface area contributed by atoms with Crippen LogP contribution < -0.4 is 5.32 Å². The fraction of sp³-hybridized carbons (Fsp3) is 0.0625. The summed E-state index contributed by atoms with van der Waals surface area (Å²) in [7, 11) is 0. The number of hydrogen-bond donors (Lipinski definition) is 1. The van der Waals surface area contributed by atoms with Gasteiger partial charge in [0.05, 0.1) is 5.52 Å². The van der Waals surface area contributed by atoms with E-state index in [1.165, 1.54) is 6.07 Å². The van der Waals surface area contributed by atoms with Gasteiger partial charge in [-0.25, -0.2) is 8.78 Å². The molecule has 0 radical (unpaired) electrons. The third kappa shape index (κ3) is 2.59. The fourth-order valence-corrected chi connectivity index (χ4v) is 2.05. The lowest BCUT2D eigenvalue weighted by Crippen LogP contribution is -2.00. The molecule has 0 bridgehead atoms. The minimum absolute atomic E-state index is 0.538. The van der Waals surface area contributed by atoms with Crippen LogP contribution in [0.4, 0.5) is 14.5 Å². The van der Waals surface area contributed by atoms with Crippen molar-refractivity contribution in [2.24, 2.45) is 0 Å². The molecule has 0 fully saturated rings. The maximum absolute atomic E-state index is 13.1. The second-order valence-corrected chi connectivity index (χ2v) is 4.51. The van der Waals surface area contributed by atoms with Gasteiger partial charge in [-0.05, 0) is 35.9 Å². The Morgan fingerprint density at radius 3 is 2.70 bits per heavy atom. The van der Waals surface area contributed by atoms with E-state index < -0.39 is 11.6 Å². The molecule has 0 saturated carbocycles. The molecular weight excluding hydrogens is 258 g/mol. The Morgan fingerprint density at radius 2 is 1.85 bits per heavy atom. The molecule has 0 aliphatic rings. The molecule has 100 valence electrons. The smallest absolute Gasteiger partial charge is 0.160 e. The maximum Gasteiger partial charge on any atom is 0.160 e. The first-order chi connectivity index (χ1) is 9.72. The van der Waals surface area contributed by atoms with Crippen molar-refractivity contribution in [3.63, 3.8) is 0 Å². The molecule has 2 nitrogen and oxygen atoms in total. The molecule has 4 heteroatoms. The Hall–Kier alpha value is -2.49. The first kappa shape index (κ1) is 12.5. The van der Waals surface area contributed by atoms with Crippen LogP contribution in [0.3, 0.4) is 0 Å². The molecule has 2 aromatic carbocycles. The minimum atomic E-state index is -0.849. The average Bonchev–Trinajstić information content (AvgIpc) is 2.48. The Bertz CT molecular complexity index is 756. The average molecular weight is 270 g/mol. The van der Waals surface area contributed by atoms with E-state index in [0.29, 0.717) is 12.2 Å². The van der Waals surface area contributed by atoms with Crippen LogP contribution >= 0.6 is 0 Å². The second-order valence-electron chi connectivity index (χ2n) is 4.51. The summed E-state index contributed by atoms with van der Waals surface area (Å²) in [4.78, 5) is 4.25. The van der Waals surface area contributed by atoms with E-state index in [2.05, 4.69) is 10.3 Å². The van der Waals surface area contributed by atoms with Crippen LogP contribution in [0.1, 0.15) is 5.56 Å². The van der Waals surface area contributed by atoms with Gasteiger partial charge in [-0.2, -0.15) is 0 Å². The highest BCUT2D eigenvalue weighted by atomic mass is 19.2. The third-order valence-corrected chi connectivity index (χ3v) is 3.08. The standard InChI is InChI=1S/C16H12F2N2/c17-14-5-4-13(9-15(14)18)20-10-11-3-6-16-12(8-11)2-1-7-19-16/h1-9,20H,10H2. The molecule has 0 aliphatic carbocycles. The van der Waals surface area contributed by atoms with Gasteiger partial charge in [-0.1, -0.05) is 12.1 Å². The van der Waals surface area contributed by atoms with Crippen LogP contribution in [0.25, 0.3) is 10.9 Å². The number of halogens is 2. The molecule has 0 saturated heterocycles. The highest BCUT2D eigenvalue weighted by Gasteiger charge is 2.02. The summed E-state index contributed by atoms with van der Waals surface area (Å²) in [6.45, 7) is 0.538. The summed E-state index contributed by atoms with van der Waals surface area (Å²) < 4.78 is 25.9. The van der Waals surface area contributed by atoms with Gasteiger partial charge >= 0.3 is 0 Å². The molecule has 0 atom stereocenters. The molecule has 0 spiro atoms. The quantitative estimate of drug-likeness (QED) is 0.774. The summed E-state index contributed by atoms with van der Waals surface area (Å²) in [5.41, 5.74) is 2.54. The molecule has 3 aromatic rings. The highest BCUT2D eigenvalue weighted by molar-refractivity contribution is 5.78. The Morgan fingerprint density at radius 1 is 0.950 bits per heavy atom. The number of nitrogens with one attached hydrogen (secondary N) is 1. The first-order valence-electron chi connectivity index (χ1n) is 6.25. The molecular formula is C16H12F2N2. The summed E-state index contributed by atoms with van der Waals surface area (Å²) >= 11 is 0. The summed E-state index contributed by atoms with van der Waals surface area (Å²) in [6.07, 6.45) is 1.75. The van der Waals surface area contributed by atoms with E-state index >= 15 is 0 Å². The first-order valence-corrected chi connectivity index (χ1v) is 6.25. The van der Waals surface area contributed by atoms with Gasteiger partial charge in [0, 0.05) is 29.9 Å². The van der Waals surface area contributed by atoms with Crippen LogP contribution in [-0.4, -0.2) is 4.98 Å². The van der Waals surface area contributed by atoms with Crippen molar-refractivity contribution in [1.29, 1.82) is 0 Å². The van der Waals surface area contributed by atoms with Crippen molar-refractivity contribution >= 4 is 16.6 Å². The number of benzene rings is 2. The Labute approximate surface area is 115 Å². The van der Waals surface area contributed by atoms with Crippen molar-refractivity contribution in [2.75, 3.05) is 5.32 Å². The van der Waals surface area contributed by atoms with E-state index in [-0.39, 0.29) is 0 Å². The molecule has 0 aliphatic heterocycles. The minimum Gasteiger partial charge on any atom is -0.381 e. The van der Waals surface area contributed by atoms with Crippen LogP contribution in [0, 0.1) is 11.6 Å². The van der Waals surface area contributed by atoms with Crippen molar-refractivity contribution < 1.29 is 8.78 Å². The Kier molecular flexibility index (Phi) is 3.29. The topological polar surface area (TPSA) is 24.9 Å². The molecule has 1 N–H and O–H groups in total. The number of aromatic nitrogens is 1. The zero-order valence-corrected chi connectivity index (χ0v) is 10.6. The van der Waals surface area contributed by atoms with Crippen molar-refractivity contribution in [3.05, 3.63) is 71.9 Å². The van der Waals surface area contributed by atoms with Gasteiger partial charge in [0.15, 0.2) is 11.6 Å². The zero-order chi connectivity index (χ0) is 13.9. The second kappa shape index (κ2) is 5.25. The Balaban J connectivity index is 1.77. The largest absolute Gasteiger partial charge is 0.381 e. The van der Waals surface area contributed by atoms with E-state index in [1.54, 1.807) is 6.20 Å². The predicted molar refractivity (Wildman–Crippen MR) is 75.4 cm³/mol. The molecule has 0 unspecified atom stereocenters. The number of rotatable bonds is 3. The van der Waals surface area contributed by atoms with Gasteiger partial charge in [0.1, 0.15) is 0 Å². The number of anilines is 1. The SMILES string of the molecule is Fc1ccc(NCc2ccc3ncccc3c2)cc1F. The normalized spacial score (nSPS) is 10.7. The van der Waals surface area contributed by atoms with Crippen LogP contribution in [0.2, 0.25) is 0 Å². The van der Waals surface area contributed by atoms with Gasteiger partial charge in [0.25, 0.3) is 0 Å². The van der Waals surface area contributed by atoms with Crippen LogP contribution in [-0.2, 0) is 6.54 Å². The van der Waals surface area contributed by atoms with E-state index in [4.69, 9.17) is 0 Å². The molecule has 20 heavy (non-hydrogen) atoms. The van der Waals surface area contributed by atoms with Crippen LogP contribution in [0.5, 0.6) is 0 Å². The van der Waals surface area contributed by atoms with E-state index in [0.717, 1.165) is 28.6 Å². The summed E-state index contributed by atoms with van der Waals surface area (Å²) in [6, 6.07) is 13.6. The molecule has 3 rings (SSSR count). The zero-order valence-electron chi connectivity index (χ0n) is 10.6. The van der Waals surface area contributed by atoms with Crippen molar-refractivity contribution in [1.82, 2.24) is 4.98 Å². The molecule has 1 heterocycles. The van der Waals surface area contributed by atoms with Gasteiger partial charge in [-0.3, -0.25) is 4.98 Å². The van der Waals surface area contributed by atoms with Crippen molar-refractivity contribution in [3.8, 4) is 0 Å². The predicted octanol–water partition coefficient (Wildman–Crippen LogP) is 4.13. The fourth-order valence-electron chi connectivity index (χ4n) is 2.05. The maximum atomic E-state index is 13.1. The monoisotopic (exact) mass is 270 g/mol. The highest BCUT2D eigenvalue weighted by Crippen LogP contribution is 2.16. The molecule has 0 amide bonds. The lowest BCUT2D eigenvalue weighted by molar-refractivity contribution is 0.509. The van der Waals surface area contributed by atoms with Gasteiger partial charge < -0.3 is 5.32 Å². The van der Waals surface area contributed by atoms with E-state index in [9.17, 15) is 8.78 Å². The summed E-state index contributed by atoms with van der Waals surface area (Å²) in [5, 5.41) is 4.12. The van der Waals surface area contributed by atoms with E-state index in [1.807, 2.05) is 30.3 Å². The third-order valence-electron chi connectivity index (χ3n) is 3.08. The van der Waals surface area contributed by atoms with Gasteiger partial charge in [0.2, 0.25) is 0 Å². The lowest BCUT2D eigenvalue weighted by atomic mass is 10.1. The summed E-state index contributed by atoms with van der Waals surface area (Å²) in [5.74, 6) is -1.69. The van der Waals surface area contributed by atoms with Crippen molar-refractivity contribution in [2.45, 2.75) is 6.54 Å². The van der Waals surface area contributed by atoms with Gasteiger partial charge in [-0.15, -0.1) is 0 Å². The number of fused-ring (bicyclic) bond motifs is 1. The number of hydrogen-bond acceptors (Lipinski definition) is 2. The lowest BCUT2D eigenvalue weighted by Gasteiger charge is -2.07. The van der Waals surface area contributed by atoms with Crippen LogP contribution in [0.15, 0.2) is 54.7 Å². The molecule has 1 aromatic heterocycles.